The van der Waals surface area contributed by atoms with E-state index in [4.69, 9.17) is 23.2 Å². The van der Waals surface area contributed by atoms with Crippen LogP contribution >= 0.6 is 23.2 Å². The number of carbonyl (C=O) groups is 2. The predicted molar refractivity (Wildman–Crippen MR) is 114 cm³/mol. The van der Waals surface area contributed by atoms with Crippen LogP contribution in [0.25, 0.3) is 11.3 Å². The van der Waals surface area contributed by atoms with Crippen molar-refractivity contribution in [1.82, 2.24) is 9.78 Å². The molecule has 1 aromatic heterocycles. The molecule has 0 saturated heterocycles. The second kappa shape index (κ2) is 8.08. The van der Waals surface area contributed by atoms with Gasteiger partial charge in [0, 0.05) is 16.1 Å². The van der Waals surface area contributed by atoms with E-state index >= 15 is 0 Å². The smallest absolute Gasteiger partial charge is 0.251 e. The van der Waals surface area contributed by atoms with Gasteiger partial charge in [-0.3, -0.25) is 9.59 Å². The van der Waals surface area contributed by atoms with Crippen molar-refractivity contribution in [3.63, 3.8) is 0 Å². The van der Waals surface area contributed by atoms with Gasteiger partial charge < -0.3 is 10.6 Å². The number of nitrogens with one attached hydrogen (secondary N) is 2. The number of halogens is 3. The number of hydrogen-bond acceptors (Lipinski definition) is 3. The lowest BCUT2D eigenvalue weighted by atomic mass is 10.1. The first-order chi connectivity index (χ1) is 14.4. The zero-order chi connectivity index (χ0) is 21.4. The van der Waals surface area contributed by atoms with Gasteiger partial charge in [0.2, 0.25) is 5.91 Å². The van der Waals surface area contributed by atoms with E-state index in [2.05, 4.69) is 15.7 Å². The first kappa shape index (κ1) is 20.4. The highest BCUT2D eigenvalue weighted by atomic mass is 35.5. The fraction of sp³-hybridized carbons (Fsp3) is 0.190. The Bertz CT molecular complexity index is 1140. The van der Waals surface area contributed by atoms with Crippen molar-refractivity contribution in [2.75, 3.05) is 10.6 Å². The normalized spacial score (nSPS) is 15.1. The summed E-state index contributed by atoms with van der Waals surface area (Å²) in [6, 6.07) is 9.92. The molecule has 0 fully saturated rings. The van der Waals surface area contributed by atoms with Crippen LogP contribution in [0.4, 0.5) is 15.9 Å². The summed E-state index contributed by atoms with van der Waals surface area (Å²) in [5.41, 5.74) is 2.63. The molecule has 6 nitrogen and oxygen atoms in total. The maximum absolute atomic E-state index is 13.3. The first-order valence-electron chi connectivity index (χ1n) is 9.30. The summed E-state index contributed by atoms with van der Waals surface area (Å²) in [6.45, 7) is 1.94. The Balaban J connectivity index is 1.60. The molecule has 0 bridgehead atoms. The Kier molecular flexibility index (Phi) is 5.49. The average molecular weight is 447 g/mol. The highest BCUT2D eigenvalue weighted by Gasteiger charge is 2.36. The van der Waals surface area contributed by atoms with Gasteiger partial charge in [0.1, 0.15) is 17.7 Å². The van der Waals surface area contributed by atoms with E-state index in [9.17, 15) is 14.0 Å². The molecule has 154 valence electrons. The highest BCUT2D eigenvalue weighted by molar-refractivity contribution is 6.36. The number of nitrogens with zero attached hydrogens (tertiary/aromatic N) is 2. The van der Waals surface area contributed by atoms with Gasteiger partial charge >= 0.3 is 0 Å². The van der Waals surface area contributed by atoms with Crippen LogP contribution < -0.4 is 10.6 Å². The molecule has 0 spiro atoms. The van der Waals surface area contributed by atoms with Crippen LogP contribution in [-0.4, -0.2) is 21.6 Å². The second-order valence-electron chi connectivity index (χ2n) is 6.86. The van der Waals surface area contributed by atoms with Crippen LogP contribution in [0.5, 0.6) is 0 Å². The maximum atomic E-state index is 13.3. The summed E-state index contributed by atoms with van der Waals surface area (Å²) in [7, 11) is 0. The summed E-state index contributed by atoms with van der Waals surface area (Å²) in [5, 5.41) is 10.8. The number of aromatic nitrogens is 2. The zero-order valence-electron chi connectivity index (χ0n) is 15.9. The number of anilines is 2. The van der Waals surface area contributed by atoms with E-state index < -0.39 is 6.04 Å². The number of benzene rings is 2. The molecule has 2 N–H and O–H groups in total. The third kappa shape index (κ3) is 3.78. The maximum Gasteiger partial charge on any atom is 0.251 e. The Hall–Kier alpha value is -2.90. The predicted octanol–water partition coefficient (Wildman–Crippen LogP) is 5.08. The molecule has 1 aliphatic heterocycles. The van der Waals surface area contributed by atoms with E-state index in [0.717, 1.165) is 11.1 Å². The standard InChI is InChI=1S/C21H17Cl2FN4O2/c1-2-14-19(11-3-6-13(24)7-4-11)27-28-17(21(30)26-20(14)28)10-18(29)25-16-8-5-12(22)9-15(16)23/h3-9,17H,2,10H2,1H3,(H,25,29)(H,26,30)/t17-/m0/s1. The lowest BCUT2D eigenvalue weighted by molar-refractivity contribution is -0.123. The Morgan fingerprint density at radius 1 is 1.23 bits per heavy atom. The Morgan fingerprint density at radius 2 is 1.97 bits per heavy atom. The van der Waals surface area contributed by atoms with Gasteiger partial charge in [-0.1, -0.05) is 30.1 Å². The van der Waals surface area contributed by atoms with E-state index in [-0.39, 0.29) is 24.1 Å². The molecule has 3 aromatic rings. The summed E-state index contributed by atoms with van der Waals surface area (Å²) in [6.07, 6.45) is 0.493. The molecule has 0 radical (unpaired) electrons. The SMILES string of the molecule is CCc1c(-c2ccc(F)cc2)nn2c1NC(=O)[C@@H]2CC(=O)Nc1ccc(Cl)cc1Cl. The zero-order valence-corrected chi connectivity index (χ0v) is 17.4. The molecule has 1 atom stereocenters. The highest BCUT2D eigenvalue weighted by Crippen LogP contribution is 2.37. The number of rotatable bonds is 5. The minimum atomic E-state index is -0.800. The van der Waals surface area contributed by atoms with Gasteiger partial charge in [0.05, 0.1) is 22.8 Å². The van der Waals surface area contributed by atoms with Crippen LogP contribution in [0.1, 0.15) is 24.9 Å². The summed E-state index contributed by atoms with van der Waals surface area (Å²) < 4.78 is 14.8. The largest absolute Gasteiger partial charge is 0.325 e. The van der Waals surface area contributed by atoms with Crippen molar-refractivity contribution < 1.29 is 14.0 Å². The van der Waals surface area contributed by atoms with Crippen molar-refractivity contribution in [2.45, 2.75) is 25.8 Å². The van der Waals surface area contributed by atoms with E-state index in [0.29, 0.717) is 33.7 Å². The van der Waals surface area contributed by atoms with Gasteiger partial charge in [0.25, 0.3) is 5.91 Å². The average Bonchev–Trinajstić information content (AvgIpc) is 3.20. The van der Waals surface area contributed by atoms with E-state index in [1.54, 1.807) is 24.3 Å². The molecule has 0 aliphatic carbocycles. The molecule has 9 heteroatoms. The third-order valence-corrected chi connectivity index (χ3v) is 5.45. The van der Waals surface area contributed by atoms with Crippen molar-refractivity contribution in [1.29, 1.82) is 0 Å². The molecule has 4 rings (SSSR count). The Labute approximate surface area is 182 Å². The van der Waals surface area contributed by atoms with Gasteiger partial charge in [0.15, 0.2) is 0 Å². The minimum absolute atomic E-state index is 0.120. The molecular weight excluding hydrogens is 430 g/mol. The third-order valence-electron chi connectivity index (χ3n) is 4.90. The van der Waals surface area contributed by atoms with Crippen LogP contribution in [0, 0.1) is 5.82 Å². The number of amides is 2. The fourth-order valence-corrected chi connectivity index (χ4v) is 3.92. The van der Waals surface area contributed by atoms with E-state index in [1.165, 1.54) is 22.9 Å². The summed E-state index contributed by atoms with van der Waals surface area (Å²) in [5.74, 6) is -0.476. The van der Waals surface area contributed by atoms with Crippen LogP contribution in [0.3, 0.4) is 0 Å². The molecule has 0 saturated carbocycles. The van der Waals surface area contributed by atoms with Gasteiger partial charge in [-0.15, -0.1) is 0 Å². The first-order valence-corrected chi connectivity index (χ1v) is 10.1. The Morgan fingerprint density at radius 3 is 2.63 bits per heavy atom. The minimum Gasteiger partial charge on any atom is -0.325 e. The topological polar surface area (TPSA) is 76.0 Å². The molecule has 2 heterocycles. The summed E-state index contributed by atoms with van der Waals surface area (Å²) >= 11 is 12.0. The van der Waals surface area contributed by atoms with E-state index in [1.807, 2.05) is 6.92 Å². The lowest BCUT2D eigenvalue weighted by Gasteiger charge is -2.11. The van der Waals surface area contributed by atoms with Crippen molar-refractivity contribution in [3.05, 3.63) is 63.9 Å². The molecule has 2 aromatic carbocycles. The van der Waals surface area contributed by atoms with Crippen LogP contribution in [0.2, 0.25) is 10.0 Å². The van der Waals surface area contributed by atoms with Gasteiger partial charge in [-0.25, -0.2) is 9.07 Å². The number of fused-ring (bicyclic) bond motifs is 1. The quantitative estimate of drug-likeness (QED) is 0.573. The van der Waals surface area contributed by atoms with Crippen molar-refractivity contribution in [3.8, 4) is 11.3 Å². The monoisotopic (exact) mass is 446 g/mol. The van der Waals surface area contributed by atoms with Gasteiger partial charge in [-0.2, -0.15) is 5.10 Å². The lowest BCUT2D eigenvalue weighted by Crippen LogP contribution is -2.23. The van der Waals surface area contributed by atoms with Crippen LogP contribution in [-0.2, 0) is 16.0 Å². The molecular formula is C21H17Cl2FN4O2. The second-order valence-corrected chi connectivity index (χ2v) is 7.71. The molecule has 30 heavy (non-hydrogen) atoms. The van der Waals surface area contributed by atoms with Crippen molar-refractivity contribution in [2.24, 2.45) is 0 Å². The van der Waals surface area contributed by atoms with Gasteiger partial charge in [-0.05, 0) is 48.9 Å². The van der Waals surface area contributed by atoms with Crippen molar-refractivity contribution >= 4 is 46.5 Å². The van der Waals surface area contributed by atoms with Crippen LogP contribution in [0.15, 0.2) is 42.5 Å². The summed E-state index contributed by atoms with van der Waals surface area (Å²) in [4.78, 5) is 25.1. The molecule has 0 unspecified atom stereocenters. The fourth-order valence-electron chi connectivity index (χ4n) is 3.46. The number of carbonyl (C=O) groups excluding carboxylic acids is 2. The molecule has 1 aliphatic rings. The molecule has 2 amide bonds. The number of hydrogen-bond donors (Lipinski definition) is 2.